The number of nitrogens with zero attached hydrogens (tertiary/aromatic N) is 1. The molecule has 5 heteroatoms. The average molecular weight is 245 g/mol. The van der Waals surface area contributed by atoms with Crippen LogP contribution in [0.5, 0.6) is 0 Å². The molecule has 0 aliphatic rings. The maximum atomic E-state index is 10.5. The van der Waals surface area contributed by atoms with E-state index in [-0.39, 0.29) is 5.69 Å². The van der Waals surface area contributed by atoms with E-state index in [1.807, 2.05) is 6.92 Å². The molecule has 0 bridgehead atoms. The lowest BCUT2D eigenvalue weighted by Gasteiger charge is -2.05. The normalized spacial score (nSPS) is 10.1. The number of nitro benzene ring substituents is 1. The Hall–Kier alpha value is -0.940. The minimum Gasteiger partial charge on any atom is -0.326 e. The van der Waals surface area contributed by atoms with Gasteiger partial charge in [0.05, 0.1) is 9.40 Å². The van der Waals surface area contributed by atoms with Gasteiger partial charge in [0.1, 0.15) is 0 Å². The molecule has 0 radical (unpaired) electrons. The summed E-state index contributed by atoms with van der Waals surface area (Å²) in [6.45, 7) is 2.17. The van der Waals surface area contributed by atoms with Crippen LogP contribution in [0.15, 0.2) is 16.6 Å². The zero-order valence-corrected chi connectivity index (χ0v) is 8.67. The second-order valence-electron chi connectivity index (χ2n) is 2.66. The van der Waals surface area contributed by atoms with E-state index >= 15 is 0 Å². The van der Waals surface area contributed by atoms with Crippen LogP contribution in [0.1, 0.15) is 11.1 Å². The second-order valence-corrected chi connectivity index (χ2v) is 3.45. The van der Waals surface area contributed by atoms with Gasteiger partial charge in [-0.05, 0) is 34.0 Å². The Balaban J connectivity index is 3.35. The zero-order valence-electron chi connectivity index (χ0n) is 7.08. The maximum Gasteiger partial charge on any atom is 0.283 e. The van der Waals surface area contributed by atoms with E-state index in [4.69, 9.17) is 5.73 Å². The van der Waals surface area contributed by atoms with E-state index in [1.54, 1.807) is 6.07 Å². The van der Waals surface area contributed by atoms with Crippen molar-refractivity contribution in [3.63, 3.8) is 0 Å². The van der Waals surface area contributed by atoms with Crippen LogP contribution in [0.25, 0.3) is 0 Å². The Morgan fingerprint density at radius 3 is 2.69 bits per heavy atom. The van der Waals surface area contributed by atoms with E-state index in [0.29, 0.717) is 11.0 Å². The second kappa shape index (κ2) is 3.85. The number of benzene rings is 1. The van der Waals surface area contributed by atoms with E-state index in [1.165, 1.54) is 6.07 Å². The third-order valence-corrected chi connectivity index (χ3v) is 2.74. The first-order valence-electron chi connectivity index (χ1n) is 3.70. The van der Waals surface area contributed by atoms with Gasteiger partial charge in [0.25, 0.3) is 5.69 Å². The molecule has 0 heterocycles. The van der Waals surface area contributed by atoms with E-state index in [9.17, 15) is 10.1 Å². The number of nitro groups is 1. The standard InChI is InChI=1S/C8H9BrN2O2/c1-5-2-3-7(11(12)13)8(9)6(5)4-10/h2-3H,4,10H2,1H3. The van der Waals surface area contributed by atoms with Crippen molar-refractivity contribution < 1.29 is 4.92 Å². The molecule has 0 saturated carbocycles. The van der Waals surface area contributed by atoms with Gasteiger partial charge in [-0.2, -0.15) is 0 Å². The molecule has 4 nitrogen and oxygen atoms in total. The van der Waals surface area contributed by atoms with Crippen LogP contribution in [0.2, 0.25) is 0 Å². The number of hydrogen-bond acceptors (Lipinski definition) is 3. The smallest absolute Gasteiger partial charge is 0.283 e. The molecule has 1 aromatic rings. The SMILES string of the molecule is Cc1ccc([N+](=O)[O-])c(Br)c1CN. The minimum atomic E-state index is -0.428. The van der Waals surface area contributed by atoms with Gasteiger partial charge in [0, 0.05) is 12.6 Å². The van der Waals surface area contributed by atoms with Gasteiger partial charge in [-0.3, -0.25) is 10.1 Å². The molecule has 1 aromatic carbocycles. The molecule has 0 saturated heterocycles. The number of hydrogen-bond donors (Lipinski definition) is 1. The molecule has 2 N–H and O–H groups in total. The van der Waals surface area contributed by atoms with Crippen LogP contribution in [-0.2, 0) is 6.54 Å². The van der Waals surface area contributed by atoms with Gasteiger partial charge in [-0.15, -0.1) is 0 Å². The van der Waals surface area contributed by atoms with Gasteiger partial charge < -0.3 is 5.73 Å². The lowest BCUT2D eigenvalue weighted by atomic mass is 10.1. The van der Waals surface area contributed by atoms with Crippen molar-refractivity contribution in [2.45, 2.75) is 13.5 Å². The van der Waals surface area contributed by atoms with Crippen molar-refractivity contribution in [2.75, 3.05) is 0 Å². The lowest BCUT2D eigenvalue weighted by Crippen LogP contribution is -2.02. The lowest BCUT2D eigenvalue weighted by molar-refractivity contribution is -0.385. The van der Waals surface area contributed by atoms with Crippen LogP contribution < -0.4 is 5.73 Å². The van der Waals surface area contributed by atoms with Gasteiger partial charge in [0.15, 0.2) is 0 Å². The highest BCUT2D eigenvalue weighted by molar-refractivity contribution is 9.10. The summed E-state index contributed by atoms with van der Waals surface area (Å²) in [6.07, 6.45) is 0. The number of rotatable bonds is 2. The van der Waals surface area contributed by atoms with Crippen molar-refractivity contribution in [3.05, 3.63) is 37.8 Å². The van der Waals surface area contributed by atoms with E-state index < -0.39 is 4.92 Å². The summed E-state index contributed by atoms with van der Waals surface area (Å²) in [5, 5.41) is 10.5. The molecule has 1 rings (SSSR count). The number of aryl methyl sites for hydroxylation is 1. The molecule has 0 amide bonds. The Kier molecular flexibility index (Phi) is 3.00. The zero-order chi connectivity index (χ0) is 10.0. The van der Waals surface area contributed by atoms with Crippen LogP contribution >= 0.6 is 15.9 Å². The van der Waals surface area contributed by atoms with Gasteiger partial charge in [-0.1, -0.05) is 6.07 Å². The summed E-state index contributed by atoms with van der Waals surface area (Å²) in [7, 11) is 0. The Morgan fingerprint density at radius 2 is 2.23 bits per heavy atom. The fourth-order valence-corrected chi connectivity index (χ4v) is 1.85. The molecule has 0 unspecified atom stereocenters. The van der Waals surface area contributed by atoms with Crippen molar-refractivity contribution in [3.8, 4) is 0 Å². The predicted molar refractivity (Wildman–Crippen MR) is 53.4 cm³/mol. The maximum absolute atomic E-state index is 10.5. The first-order valence-corrected chi connectivity index (χ1v) is 4.49. The fourth-order valence-electron chi connectivity index (χ4n) is 1.10. The van der Waals surface area contributed by atoms with Gasteiger partial charge >= 0.3 is 0 Å². The van der Waals surface area contributed by atoms with Crippen molar-refractivity contribution in [2.24, 2.45) is 5.73 Å². The molecule has 0 aliphatic heterocycles. The topological polar surface area (TPSA) is 69.2 Å². The van der Waals surface area contributed by atoms with Crippen molar-refractivity contribution >= 4 is 21.6 Å². The van der Waals surface area contributed by atoms with E-state index in [0.717, 1.165) is 11.1 Å². The Bertz CT molecular complexity index is 352. The van der Waals surface area contributed by atoms with E-state index in [2.05, 4.69) is 15.9 Å². The summed E-state index contributed by atoms with van der Waals surface area (Å²) in [6, 6.07) is 3.17. The van der Waals surface area contributed by atoms with Crippen molar-refractivity contribution in [1.82, 2.24) is 0 Å². The Morgan fingerprint density at radius 1 is 1.62 bits per heavy atom. The third-order valence-electron chi connectivity index (χ3n) is 1.86. The highest BCUT2D eigenvalue weighted by Crippen LogP contribution is 2.30. The molecule has 0 aromatic heterocycles. The summed E-state index contributed by atoms with van der Waals surface area (Å²) in [5.41, 5.74) is 7.27. The first kappa shape index (κ1) is 10.1. The monoisotopic (exact) mass is 244 g/mol. The predicted octanol–water partition coefficient (Wildman–Crippen LogP) is 2.12. The molecular weight excluding hydrogens is 236 g/mol. The van der Waals surface area contributed by atoms with Crippen molar-refractivity contribution in [1.29, 1.82) is 0 Å². The molecule has 0 atom stereocenters. The molecule has 70 valence electrons. The highest BCUT2D eigenvalue weighted by atomic mass is 79.9. The van der Waals surface area contributed by atoms with Crippen LogP contribution in [0, 0.1) is 17.0 Å². The van der Waals surface area contributed by atoms with Crippen LogP contribution in [-0.4, -0.2) is 4.92 Å². The summed E-state index contributed by atoms with van der Waals surface area (Å²) < 4.78 is 0.486. The molecule has 13 heavy (non-hydrogen) atoms. The molecular formula is C8H9BrN2O2. The summed E-state index contributed by atoms with van der Waals surface area (Å²) >= 11 is 3.17. The van der Waals surface area contributed by atoms with Gasteiger partial charge in [0.2, 0.25) is 0 Å². The highest BCUT2D eigenvalue weighted by Gasteiger charge is 2.15. The first-order chi connectivity index (χ1) is 6.07. The van der Waals surface area contributed by atoms with Crippen LogP contribution in [0.4, 0.5) is 5.69 Å². The Labute approximate surface area is 84.0 Å². The average Bonchev–Trinajstić information content (AvgIpc) is 2.04. The van der Waals surface area contributed by atoms with Crippen LogP contribution in [0.3, 0.4) is 0 Å². The molecule has 0 fully saturated rings. The minimum absolute atomic E-state index is 0.0612. The third kappa shape index (κ3) is 1.87. The quantitative estimate of drug-likeness (QED) is 0.640. The fraction of sp³-hybridized carbons (Fsp3) is 0.250. The largest absolute Gasteiger partial charge is 0.326 e. The number of nitrogens with two attached hydrogens (primary N) is 1. The summed E-state index contributed by atoms with van der Waals surface area (Å²) in [4.78, 5) is 10.1. The molecule has 0 aliphatic carbocycles. The molecule has 0 spiro atoms. The summed E-state index contributed by atoms with van der Waals surface area (Å²) in [5.74, 6) is 0. The number of halogens is 1. The van der Waals surface area contributed by atoms with Gasteiger partial charge in [-0.25, -0.2) is 0 Å².